The van der Waals surface area contributed by atoms with Crippen molar-refractivity contribution in [2.75, 3.05) is 11.9 Å². The summed E-state index contributed by atoms with van der Waals surface area (Å²) >= 11 is 1.65. The summed E-state index contributed by atoms with van der Waals surface area (Å²) in [5.41, 5.74) is 2.19. The van der Waals surface area contributed by atoms with E-state index in [0.717, 1.165) is 34.5 Å². The lowest BCUT2D eigenvalue weighted by atomic mass is 10.1. The molecule has 1 N–H and O–H groups in total. The molecule has 114 valence electrons. The van der Waals surface area contributed by atoms with Crippen molar-refractivity contribution in [2.45, 2.75) is 50.1 Å². The van der Waals surface area contributed by atoms with Crippen LogP contribution in [0, 0.1) is 6.92 Å². The first-order valence-corrected chi connectivity index (χ1v) is 8.11. The summed E-state index contributed by atoms with van der Waals surface area (Å²) in [6, 6.07) is 2.08. The molecule has 0 unspecified atom stereocenters. The van der Waals surface area contributed by atoms with Gasteiger partial charge in [-0.15, -0.1) is 0 Å². The van der Waals surface area contributed by atoms with E-state index in [1.165, 1.54) is 5.56 Å². The maximum absolute atomic E-state index is 4.49. The Morgan fingerprint density at radius 3 is 2.67 bits per heavy atom. The first-order chi connectivity index (χ1) is 10.0. The Kier molecular flexibility index (Phi) is 5.22. The molecule has 0 radical (unpaired) electrons. The van der Waals surface area contributed by atoms with Gasteiger partial charge in [-0.25, -0.2) is 9.97 Å². The van der Waals surface area contributed by atoms with E-state index >= 15 is 0 Å². The number of rotatable bonds is 6. The van der Waals surface area contributed by atoms with Crippen LogP contribution < -0.4 is 5.32 Å². The molecule has 0 aliphatic carbocycles. The zero-order valence-corrected chi connectivity index (χ0v) is 14.2. The normalized spacial score (nSPS) is 11.1. The molecule has 0 saturated heterocycles. The Morgan fingerprint density at radius 2 is 2.10 bits per heavy atom. The lowest BCUT2D eigenvalue weighted by molar-refractivity contribution is 0.691. The van der Waals surface area contributed by atoms with E-state index < -0.39 is 0 Å². The molecule has 0 atom stereocenters. The number of hydrogen-bond donors (Lipinski definition) is 1. The van der Waals surface area contributed by atoms with Crippen molar-refractivity contribution >= 4 is 17.6 Å². The number of nitrogens with zero attached hydrogens (tertiary/aromatic N) is 4. The molecule has 0 aliphatic rings. The van der Waals surface area contributed by atoms with Crippen molar-refractivity contribution < 1.29 is 0 Å². The van der Waals surface area contributed by atoms with E-state index in [0.29, 0.717) is 5.92 Å². The number of nitrogens with one attached hydrogen (secondary N) is 1. The monoisotopic (exact) mass is 305 g/mol. The van der Waals surface area contributed by atoms with Crippen LogP contribution in [0.4, 0.5) is 5.82 Å². The van der Waals surface area contributed by atoms with E-state index in [2.05, 4.69) is 47.2 Å². The van der Waals surface area contributed by atoms with Gasteiger partial charge in [0.15, 0.2) is 0 Å². The first-order valence-electron chi connectivity index (χ1n) is 7.30. The van der Waals surface area contributed by atoms with Gasteiger partial charge in [0.2, 0.25) is 0 Å². The molecule has 2 heterocycles. The van der Waals surface area contributed by atoms with Crippen LogP contribution >= 0.6 is 11.8 Å². The van der Waals surface area contributed by atoms with Crippen molar-refractivity contribution in [3.05, 3.63) is 23.7 Å². The lowest BCUT2D eigenvalue weighted by Crippen LogP contribution is -2.08. The molecule has 0 spiro atoms. The Hall–Kier alpha value is -1.56. The van der Waals surface area contributed by atoms with Gasteiger partial charge in [-0.05, 0) is 37.1 Å². The van der Waals surface area contributed by atoms with Gasteiger partial charge in [0.1, 0.15) is 22.2 Å². The van der Waals surface area contributed by atoms with Crippen molar-refractivity contribution in [3.8, 4) is 0 Å². The Morgan fingerprint density at radius 1 is 1.33 bits per heavy atom. The van der Waals surface area contributed by atoms with Gasteiger partial charge in [-0.3, -0.25) is 4.68 Å². The lowest BCUT2D eigenvalue weighted by Gasteiger charge is -2.16. The Bertz CT molecular complexity index is 606. The van der Waals surface area contributed by atoms with Crippen LogP contribution in [0.2, 0.25) is 0 Å². The minimum Gasteiger partial charge on any atom is -0.370 e. The molecule has 6 heteroatoms. The van der Waals surface area contributed by atoms with Crippen LogP contribution in [0.5, 0.6) is 0 Å². The second-order valence-corrected chi connectivity index (χ2v) is 6.38. The summed E-state index contributed by atoms with van der Waals surface area (Å²) < 4.78 is 1.89. The molecule has 5 nitrogen and oxygen atoms in total. The highest BCUT2D eigenvalue weighted by Crippen LogP contribution is 2.35. The number of aromatic nitrogens is 4. The molecule has 0 saturated carbocycles. The van der Waals surface area contributed by atoms with Crippen molar-refractivity contribution in [3.63, 3.8) is 0 Å². The van der Waals surface area contributed by atoms with Crippen molar-refractivity contribution in [2.24, 2.45) is 7.05 Å². The molecule has 0 bridgehead atoms. The quantitative estimate of drug-likeness (QED) is 0.826. The van der Waals surface area contributed by atoms with Gasteiger partial charge in [0, 0.05) is 19.2 Å². The van der Waals surface area contributed by atoms with E-state index in [4.69, 9.17) is 0 Å². The number of hydrogen-bond acceptors (Lipinski definition) is 5. The summed E-state index contributed by atoms with van der Waals surface area (Å²) in [4.78, 5) is 8.89. The maximum Gasteiger partial charge on any atom is 0.134 e. The van der Waals surface area contributed by atoms with Gasteiger partial charge >= 0.3 is 0 Å². The SMILES string of the molecule is CCCNc1ncnc(Sc2cc(C)nn2C)c1C(C)C. The third-order valence-corrected chi connectivity index (χ3v) is 4.24. The zero-order chi connectivity index (χ0) is 15.4. The average Bonchev–Trinajstić information content (AvgIpc) is 2.74. The van der Waals surface area contributed by atoms with Gasteiger partial charge in [-0.2, -0.15) is 5.10 Å². The molecule has 21 heavy (non-hydrogen) atoms. The number of anilines is 1. The third kappa shape index (κ3) is 3.75. The smallest absolute Gasteiger partial charge is 0.134 e. The summed E-state index contributed by atoms with van der Waals surface area (Å²) in [6.45, 7) is 9.42. The van der Waals surface area contributed by atoms with Crippen LogP contribution in [0.25, 0.3) is 0 Å². The van der Waals surface area contributed by atoms with E-state index in [1.54, 1.807) is 18.1 Å². The third-order valence-electron chi connectivity index (χ3n) is 3.13. The Balaban J connectivity index is 2.36. The average molecular weight is 305 g/mol. The van der Waals surface area contributed by atoms with Crippen molar-refractivity contribution in [1.29, 1.82) is 0 Å². The van der Waals surface area contributed by atoms with Crippen LogP contribution in [0.3, 0.4) is 0 Å². The largest absolute Gasteiger partial charge is 0.370 e. The number of aryl methyl sites for hydroxylation is 2. The fraction of sp³-hybridized carbons (Fsp3) is 0.533. The summed E-state index contributed by atoms with van der Waals surface area (Å²) in [7, 11) is 1.96. The standard InChI is InChI=1S/C15H23N5S/c1-6-7-16-14-13(10(2)3)15(18-9-17-14)21-12-8-11(4)19-20(12)5/h8-10H,6-7H2,1-5H3,(H,16,17,18). The van der Waals surface area contributed by atoms with Crippen molar-refractivity contribution in [1.82, 2.24) is 19.7 Å². The molecule has 2 aromatic heterocycles. The molecule has 0 aromatic carbocycles. The van der Waals surface area contributed by atoms with E-state index in [-0.39, 0.29) is 0 Å². The van der Waals surface area contributed by atoms with Crippen LogP contribution in [0.15, 0.2) is 22.4 Å². The summed E-state index contributed by atoms with van der Waals surface area (Å²) in [6.07, 6.45) is 2.71. The highest BCUT2D eigenvalue weighted by atomic mass is 32.2. The first kappa shape index (κ1) is 15.8. The van der Waals surface area contributed by atoms with E-state index in [1.807, 2.05) is 18.7 Å². The summed E-state index contributed by atoms with van der Waals surface area (Å²) in [5, 5.41) is 9.89. The molecule has 0 amide bonds. The van der Waals surface area contributed by atoms with E-state index in [9.17, 15) is 0 Å². The predicted molar refractivity (Wildman–Crippen MR) is 87.0 cm³/mol. The maximum atomic E-state index is 4.49. The van der Waals surface area contributed by atoms with Crippen LogP contribution in [-0.2, 0) is 7.05 Å². The fourth-order valence-corrected chi connectivity index (χ4v) is 3.29. The minimum absolute atomic E-state index is 0.363. The highest BCUT2D eigenvalue weighted by Gasteiger charge is 2.17. The summed E-state index contributed by atoms with van der Waals surface area (Å²) in [5.74, 6) is 1.31. The molecule has 0 fully saturated rings. The second-order valence-electron chi connectivity index (χ2n) is 5.37. The Labute approximate surface area is 130 Å². The second kappa shape index (κ2) is 6.93. The van der Waals surface area contributed by atoms with Crippen LogP contribution in [-0.4, -0.2) is 26.3 Å². The topological polar surface area (TPSA) is 55.6 Å². The molecule has 0 aliphatic heterocycles. The zero-order valence-electron chi connectivity index (χ0n) is 13.3. The van der Waals surface area contributed by atoms with Gasteiger partial charge < -0.3 is 5.32 Å². The molecule has 2 rings (SSSR count). The highest BCUT2D eigenvalue weighted by molar-refractivity contribution is 7.99. The van der Waals surface area contributed by atoms with Crippen LogP contribution in [0.1, 0.15) is 44.4 Å². The van der Waals surface area contributed by atoms with Gasteiger partial charge in [0.05, 0.1) is 5.69 Å². The van der Waals surface area contributed by atoms with Gasteiger partial charge in [0.25, 0.3) is 0 Å². The molecule has 2 aromatic rings. The minimum atomic E-state index is 0.363. The molecular formula is C15H23N5S. The van der Waals surface area contributed by atoms with Gasteiger partial charge in [-0.1, -0.05) is 20.8 Å². The predicted octanol–water partition coefficient (Wildman–Crippen LogP) is 3.62. The fourth-order valence-electron chi connectivity index (χ4n) is 2.15. The molecular weight excluding hydrogens is 282 g/mol.